The van der Waals surface area contributed by atoms with Crippen LogP contribution in [0.1, 0.15) is 27.2 Å². The predicted octanol–water partition coefficient (Wildman–Crippen LogP) is 3.54. The van der Waals surface area contributed by atoms with Crippen molar-refractivity contribution in [2.24, 2.45) is 13.0 Å². The average molecular weight is 383 g/mol. The maximum atomic E-state index is 12.8. The third-order valence-electron chi connectivity index (χ3n) is 4.80. The highest BCUT2D eigenvalue weighted by Gasteiger charge is 2.28. The molecule has 1 amide bonds. The maximum Gasteiger partial charge on any atom is 0.405 e. The van der Waals surface area contributed by atoms with E-state index in [1.807, 2.05) is 32.9 Å². The Morgan fingerprint density at radius 1 is 1.29 bits per heavy atom. The van der Waals surface area contributed by atoms with Crippen molar-refractivity contribution in [3.8, 4) is 5.75 Å². The number of aryl methyl sites for hydroxylation is 1. The zero-order valence-electron chi connectivity index (χ0n) is 16.5. The zero-order chi connectivity index (χ0) is 20.5. The molecule has 0 aliphatic carbocycles. The van der Waals surface area contributed by atoms with Gasteiger partial charge in [-0.1, -0.05) is 13.8 Å². The summed E-state index contributed by atoms with van der Waals surface area (Å²) in [6.07, 6.45) is 2.92. The fourth-order valence-electron chi connectivity index (χ4n) is 3.74. The van der Waals surface area contributed by atoms with Gasteiger partial charge in [0, 0.05) is 18.6 Å². The first-order valence-electron chi connectivity index (χ1n) is 9.20. The van der Waals surface area contributed by atoms with Gasteiger partial charge in [-0.25, -0.2) is 4.79 Å². The highest BCUT2D eigenvalue weighted by Crippen LogP contribution is 2.26. The molecule has 0 aliphatic rings. The molecule has 2 aromatic heterocycles. The van der Waals surface area contributed by atoms with Crippen LogP contribution < -0.4 is 15.6 Å². The molecule has 1 aromatic carbocycles. The fourth-order valence-corrected chi connectivity index (χ4v) is 3.74. The van der Waals surface area contributed by atoms with E-state index < -0.39 is 11.6 Å². The van der Waals surface area contributed by atoms with E-state index in [4.69, 9.17) is 9.84 Å². The maximum absolute atomic E-state index is 12.8. The van der Waals surface area contributed by atoms with Gasteiger partial charge in [-0.3, -0.25) is 9.78 Å². The second kappa shape index (κ2) is 7.50. The van der Waals surface area contributed by atoms with Crippen molar-refractivity contribution in [1.29, 1.82) is 0 Å². The summed E-state index contributed by atoms with van der Waals surface area (Å²) in [4.78, 5) is 28.1. The quantitative estimate of drug-likeness (QED) is 0.635. The van der Waals surface area contributed by atoms with Gasteiger partial charge in [0.1, 0.15) is 12.4 Å². The van der Waals surface area contributed by atoms with Crippen LogP contribution in [-0.2, 0) is 7.05 Å². The number of pyridine rings is 2. The number of hydrogen-bond acceptors (Lipinski definition) is 4. The van der Waals surface area contributed by atoms with Gasteiger partial charge >= 0.3 is 6.09 Å². The van der Waals surface area contributed by atoms with Crippen molar-refractivity contribution in [1.82, 2.24) is 14.9 Å². The van der Waals surface area contributed by atoms with E-state index >= 15 is 0 Å². The van der Waals surface area contributed by atoms with Gasteiger partial charge in [-0.05, 0) is 48.9 Å². The number of carboxylic acid groups (broad SMARTS) is 1. The van der Waals surface area contributed by atoms with Crippen LogP contribution in [0.5, 0.6) is 5.75 Å². The number of benzene rings is 1. The minimum Gasteiger partial charge on any atom is -0.491 e. The molecule has 148 valence electrons. The number of ether oxygens (including phenoxy) is 1. The lowest BCUT2D eigenvalue weighted by molar-refractivity contribution is 0.143. The fraction of sp³-hybridized carbons (Fsp3) is 0.381. The molecule has 1 atom stereocenters. The van der Waals surface area contributed by atoms with Gasteiger partial charge in [0.05, 0.1) is 22.6 Å². The second-order valence-corrected chi connectivity index (χ2v) is 7.84. The minimum atomic E-state index is -1.08. The summed E-state index contributed by atoms with van der Waals surface area (Å²) in [5, 5.41) is 14.0. The van der Waals surface area contributed by atoms with Crippen molar-refractivity contribution in [3.63, 3.8) is 0 Å². The topological polar surface area (TPSA) is 93.5 Å². The monoisotopic (exact) mass is 383 g/mol. The highest BCUT2D eigenvalue weighted by atomic mass is 16.5. The number of carbonyl (C=O) groups is 1. The third kappa shape index (κ3) is 3.93. The van der Waals surface area contributed by atoms with Crippen molar-refractivity contribution < 1.29 is 14.6 Å². The summed E-state index contributed by atoms with van der Waals surface area (Å²) < 4.78 is 7.47. The van der Waals surface area contributed by atoms with Crippen molar-refractivity contribution in [2.75, 3.05) is 6.61 Å². The van der Waals surface area contributed by atoms with Gasteiger partial charge in [-0.2, -0.15) is 0 Å². The summed E-state index contributed by atoms with van der Waals surface area (Å²) in [6.45, 7) is 6.05. The van der Waals surface area contributed by atoms with E-state index in [1.54, 1.807) is 36.1 Å². The Morgan fingerprint density at radius 3 is 2.71 bits per heavy atom. The third-order valence-corrected chi connectivity index (χ3v) is 4.80. The highest BCUT2D eigenvalue weighted by molar-refractivity contribution is 6.05. The molecule has 2 N–H and O–H groups in total. The van der Waals surface area contributed by atoms with E-state index in [0.29, 0.717) is 23.5 Å². The number of rotatable bonds is 6. The zero-order valence-corrected chi connectivity index (χ0v) is 16.5. The van der Waals surface area contributed by atoms with Gasteiger partial charge < -0.3 is 19.7 Å². The van der Waals surface area contributed by atoms with E-state index in [2.05, 4.69) is 10.3 Å². The van der Waals surface area contributed by atoms with Crippen LogP contribution in [0.4, 0.5) is 4.79 Å². The van der Waals surface area contributed by atoms with Crippen molar-refractivity contribution in [3.05, 3.63) is 47.0 Å². The van der Waals surface area contributed by atoms with Crippen LogP contribution in [0.25, 0.3) is 21.7 Å². The summed E-state index contributed by atoms with van der Waals surface area (Å²) in [5.41, 5.74) is -0.0898. The molecule has 7 heteroatoms. The number of amides is 1. The molecule has 0 aliphatic heterocycles. The molecule has 0 fully saturated rings. The number of aromatic nitrogens is 2. The number of nitrogens with one attached hydrogen (secondary N) is 1. The van der Waals surface area contributed by atoms with Crippen LogP contribution in [0, 0.1) is 5.92 Å². The Hall–Kier alpha value is -3.09. The van der Waals surface area contributed by atoms with Crippen LogP contribution >= 0.6 is 0 Å². The van der Waals surface area contributed by atoms with Gasteiger partial charge in [0.2, 0.25) is 0 Å². The molecular formula is C21H25N3O4. The number of fused-ring (bicyclic) bond motifs is 3. The van der Waals surface area contributed by atoms with Crippen molar-refractivity contribution in [2.45, 2.75) is 32.7 Å². The standard InChI is InChI=1S/C21H25N3O4/c1-13(2)10-21(3,23-20(26)27)12-28-14-5-6-15-16-7-8-22-11-18(16)24(4)19(25)17(15)9-14/h5-9,11,13,23H,10,12H2,1-4H3,(H,26,27). The van der Waals surface area contributed by atoms with Gasteiger partial charge in [-0.15, -0.1) is 0 Å². The molecule has 0 bridgehead atoms. The molecule has 3 rings (SSSR count). The van der Waals surface area contributed by atoms with Crippen LogP contribution in [0.3, 0.4) is 0 Å². The van der Waals surface area contributed by atoms with Gasteiger partial charge in [0.25, 0.3) is 5.56 Å². The summed E-state index contributed by atoms with van der Waals surface area (Å²) >= 11 is 0. The van der Waals surface area contributed by atoms with Gasteiger partial charge in [0.15, 0.2) is 0 Å². The van der Waals surface area contributed by atoms with E-state index in [1.165, 1.54) is 0 Å². The average Bonchev–Trinajstić information content (AvgIpc) is 2.63. The number of hydrogen-bond donors (Lipinski definition) is 2. The number of nitrogens with zero attached hydrogens (tertiary/aromatic N) is 2. The summed E-state index contributed by atoms with van der Waals surface area (Å²) in [7, 11) is 1.72. The Bertz CT molecular complexity index is 1090. The van der Waals surface area contributed by atoms with Crippen LogP contribution in [0.2, 0.25) is 0 Å². The van der Waals surface area contributed by atoms with E-state index in [-0.39, 0.29) is 12.2 Å². The molecule has 7 nitrogen and oxygen atoms in total. The second-order valence-electron chi connectivity index (χ2n) is 7.84. The predicted molar refractivity (Wildman–Crippen MR) is 109 cm³/mol. The molecule has 28 heavy (non-hydrogen) atoms. The molecule has 0 spiro atoms. The molecular weight excluding hydrogens is 358 g/mol. The molecule has 0 radical (unpaired) electrons. The first-order valence-corrected chi connectivity index (χ1v) is 9.20. The lowest BCUT2D eigenvalue weighted by atomic mass is 9.91. The lowest BCUT2D eigenvalue weighted by Gasteiger charge is -2.31. The largest absolute Gasteiger partial charge is 0.491 e. The van der Waals surface area contributed by atoms with Crippen LogP contribution in [-0.4, -0.2) is 32.9 Å². The Morgan fingerprint density at radius 2 is 2.04 bits per heavy atom. The SMILES string of the molecule is CC(C)CC(C)(COc1ccc2c(c1)c(=O)n(C)c1cnccc21)NC(=O)O. The first-order chi connectivity index (χ1) is 13.2. The Balaban J connectivity index is 1.96. The molecule has 1 unspecified atom stereocenters. The molecule has 0 saturated carbocycles. The Kier molecular flexibility index (Phi) is 5.27. The summed E-state index contributed by atoms with van der Waals surface area (Å²) in [6, 6.07) is 7.26. The molecule has 2 heterocycles. The first kappa shape index (κ1) is 19.7. The van der Waals surface area contributed by atoms with E-state index in [0.717, 1.165) is 16.3 Å². The molecule has 0 saturated heterocycles. The minimum absolute atomic E-state index is 0.130. The molecule has 3 aromatic rings. The Labute approximate surface area is 163 Å². The van der Waals surface area contributed by atoms with E-state index in [9.17, 15) is 9.59 Å². The lowest BCUT2D eigenvalue weighted by Crippen LogP contribution is -2.50. The summed E-state index contributed by atoms with van der Waals surface area (Å²) in [5.74, 6) is 0.824. The normalized spacial score (nSPS) is 13.6. The van der Waals surface area contributed by atoms with Crippen LogP contribution in [0.15, 0.2) is 41.5 Å². The smallest absolute Gasteiger partial charge is 0.405 e. The van der Waals surface area contributed by atoms with Crippen molar-refractivity contribution >= 4 is 27.8 Å².